The summed E-state index contributed by atoms with van der Waals surface area (Å²) in [7, 11) is 1.44. The van der Waals surface area contributed by atoms with Crippen molar-refractivity contribution in [1.29, 1.82) is 0 Å². The van der Waals surface area contributed by atoms with E-state index in [-0.39, 0.29) is 5.75 Å². The summed E-state index contributed by atoms with van der Waals surface area (Å²) < 4.78 is 4.98. The van der Waals surface area contributed by atoms with E-state index in [9.17, 15) is 14.7 Å². The van der Waals surface area contributed by atoms with Crippen LogP contribution in [0, 0.1) is 0 Å². The SMILES string of the molecule is COc1cc(/C=N\NC(=O)C(=O)N2CCCCCC2)ccc1O. The molecule has 1 aliphatic rings. The number of benzene rings is 1. The first-order valence-electron chi connectivity index (χ1n) is 7.61. The van der Waals surface area contributed by atoms with Crippen LogP contribution in [0.1, 0.15) is 31.2 Å². The molecule has 23 heavy (non-hydrogen) atoms. The molecule has 1 aromatic carbocycles. The van der Waals surface area contributed by atoms with Gasteiger partial charge in [0.1, 0.15) is 0 Å². The van der Waals surface area contributed by atoms with E-state index in [1.807, 2.05) is 0 Å². The molecular formula is C16H21N3O4. The maximum Gasteiger partial charge on any atom is 0.329 e. The van der Waals surface area contributed by atoms with E-state index in [2.05, 4.69) is 10.5 Å². The van der Waals surface area contributed by atoms with Gasteiger partial charge >= 0.3 is 11.8 Å². The molecule has 7 heteroatoms. The van der Waals surface area contributed by atoms with Crippen LogP contribution in [0.15, 0.2) is 23.3 Å². The van der Waals surface area contributed by atoms with Crippen molar-refractivity contribution in [3.05, 3.63) is 23.8 Å². The molecule has 1 aromatic rings. The first kappa shape index (κ1) is 16.8. The summed E-state index contributed by atoms with van der Waals surface area (Å²) in [6.45, 7) is 1.23. The van der Waals surface area contributed by atoms with Gasteiger partial charge in [-0.1, -0.05) is 12.8 Å². The fraction of sp³-hybridized carbons (Fsp3) is 0.438. The lowest BCUT2D eigenvalue weighted by molar-refractivity contribution is -0.145. The van der Waals surface area contributed by atoms with E-state index in [0.29, 0.717) is 24.4 Å². The minimum atomic E-state index is -0.742. The lowest BCUT2D eigenvalue weighted by atomic mass is 10.2. The first-order valence-corrected chi connectivity index (χ1v) is 7.61. The quantitative estimate of drug-likeness (QED) is 0.498. The van der Waals surface area contributed by atoms with Crippen molar-refractivity contribution in [3.63, 3.8) is 0 Å². The maximum absolute atomic E-state index is 12.0. The van der Waals surface area contributed by atoms with Crippen LogP contribution in [0.2, 0.25) is 0 Å². The van der Waals surface area contributed by atoms with Gasteiger partial charge < -0.3 is 14.7 Å². The standard InChI is InChI=1S/C16H21N3O4/c1-23-14-10-12(6-7-13(14)20)11-17-18-15(21)16(22)19-8-4-2-3-5-9-19/h6-7,10-11,20H,2-5,8-9H2,1H3,(H,18,21)/b17-11-. The molecule has 2 N–H and O–H groups in total. The summed E-state index contributed by atoms with van der Waals surface area (Å²) in [6.07, 6.45) is 5.42. The number of methoxy groups -OCH3 is 1. The van der Waals surface area contributed by atoms with Crippen molar-refractivity contribution in [1.82, 2.24) is 10.3 Å². The van der Waals surface area contributed by atoms with Gasteiger partial charge in [-0.05, 0) is 36.6 Å². The van der Waals surface area contributed by atoms with E-state index in [1.54, 1.807) is 17.0 Å². The summed E-state index contributed by atoms with van der Waals surface area (Å²) in [4.78, 5) is 25.4. The van der Waals surface area contributed by atoms with Gasteiger partial charge in [0.15, 0.2) is 11.5 Å². The van der Waals surface area contributed by atoms with Gasteiger partial charge in [0.25, 0.3) is 0 Å². The van der Waals surface area contributed by atoms with Gasteiger partial charge in [0.2, 0.25) is 0 Å². The Hall–Kier alpha value is -2.57. The minimum absolute atomic E-state index is 0.0185. The van der Waals surface area contributed by atoms with Crippen LogP contribution in [0.4, 0.5) is 0 Å². The zero-order valence-corrected chi connectivity index (χ0v) is 13.1. The van der Waals surface area contributed by atoms with Crippen LogP contribution in [-0.4, -0.2) is 48.2 Å². The van der Waals surface area contributed by atoms with Gasteiger partial charge in [-0.15, -0.1) is 0 Å². The lowest BCUT2D eigenvalue weighted by Gasteiger charge is -2.18. The number of phenols is 1. The molecule has 1 fully saturated rings. The van der Waals surface area contributed by atoms with Crippen molar-refractivity contribution in [3.8, 4) is 11.5 Å². The fourth-order valence-electron chi connectivity index (χ4n) is 2.41. The highest BCUT2D eigenvalue weighted by Gasteiger charge is 2.22. The van der Waals surface area contributed by atoms with E-state index >= 15 is 0 Å². The van der Waals surface area contributed by atoms with Crippen molar-refractivity contribution in [2.45, 2.75) is 25.7 Å². The normalized spacial score (nSPS) is 15.3. The number of phenolic OH excluding ortho intramolecular Hbond substituents is 1. The Balaban J connectivity index is 1.91. The summed E-state index contributed by atoms with van der Waals surface area (Å²) in [6, 6.07) is 4.65. The molecule has 1 saturated heterocycles. The molecule has 0 spiro atoms. The number of nitrogens with one attached hydrogen (secondary N) is 1. The second-order valence-corrected chi connectivity index (χ2v) is 5.34. The lowest BCUT2D eigenvalue weighted by Crippen LogP contribution is -2.41. The Kier molecular flexibility index (Phi) is 5.96. The first-order chi connectivity index (χ1) is 11.1. The van der Waals surface area contributed by atoms with Crippen LogP contribution in [0.3, 0.4) is 0 Å². The van der Waals surface area contributed by atoms with Crippen LogP contribution in [0.25, 0.3) is 0 Å². The molecule has 0 saturated carbocycles. The Morgan fingerprint density at radius 1 is 1.26 bits per heavy atom. The highest BCUT2D eigenvalue weighted by atomic mass is 16.5. The number of hydrazone groups is 1. The zero-order chi connectivity index (χ0) is 16.7. The number of nitrogens with zero attached hydrogens (tertiary/aromatic N) is 2. The van der Waals surface area contributed by atoms with Gasteiger partial charge in [0, 0.05) is 13.1 Å². The third-order valence-electron chi connectivity index (χ3n) is 3.67. The topological polar surface area (TPSA) is 91.2 Å². The average Bonchev–Trinajstić information content (AvgIpc) is 2.84. The van der Waals surface area contributed by atoms with Crippen molar-refractivity contribution >= 4 is 18.0 Å². The number of carbonyl (C=O) groups excluding carboxylic acids is 2. The highest BCUT2D eigenvalue weighted by Crippen LogP contribution is 2.25. The summed E-state index contributed by atoms with van der Waals surface area (Å²) in [5, 5.41) is 13.3. The molecule has 2 amide bonds. The molecule has 0 atom stereocenters. The Bertz CT molecular complexity index is 593. The minimum Gasteiger partial charge on any atom is -0.504 e. The Labute approximate surface area is 134 Å². The molecule has 124 valence electrons. The number of likely N-dealkylation sites (tertiary alicyclic amines) is 1. The molecule has 0 bridgehead atoms. The molecule has 0 radical (unpaired) electrons. The second kappa shape index (κ2) is 8.17. The third kappa shape index (κ3) is 4.70. The van der Waals surface area contributed by atoms with E-state index < -0.39 is 11.8 Å². The van der Waals surface area contributed by atoms with Crippen LogP contribution in [-0.2, 0) is 9.59 Å². The zero-order valence-electron chi connectivity index (χ0n) is 13.1. The number of amides is 2. The summed E-state index contributed by atoms with van der Waals surface area (Å²) >= 11 is 0. The predicted molar refractivity (Wildman–Crippen MR) is 85.4 cm³/mol. The van der Waals surface area contributed by atoms with Crippen molar-refractivity contribution in [2.75, 3.05) is 20.2 Å². The molecule has 0 aromatic heterocycles. The van der Waals surface area contributed by atoms with Gasteiger partial charge in [-0.2, -0.15) is 5.10 Å². The average molecular weight is 319 g/mol. The number of hydrogen-bond acceptors (Lipinski definition) is 5. The number of ether oxygens (including phenoxy) is 1. The number of aromatic hydroxyl groups is 1. The van der Waals surface area contributed by atoms with E-state index in [1.165, 1.54) is 19.4 Å². The fourth-order valence-corrected chi connectivity index (χ4v) is 2.41. The van der Waals surface area contributed by atoms with Gasteiger partial charge in [0.05, 0.1) is 13.3 Å². The largest absolute Gasteiger partial charge is 0.504 e. The van der Waals surface area contributed by atoms with Gasteiger partial charge in [-0.25, -0.2) is 5.43 Å². The maximum atomic E-state index is 12.0. The monoisotopic (exact) mass is 319 g/mol. The summed E-state index contributed by atoms with van der Waals surface area (Å²) in [5.41, 5.74) is 2.86. The number of rotatable bonds is 3. The Morgan fingerprint density at radius 3 is 2.61 bits per heavy atom. The predicted octanol–water partition coefficient (Wildman–Crippen LogP) is 1.25. The molecule has 0 unspecified atom stereocenters. The second-order valence-electron chi connectivity index (χ2n) is 5.34. The number of hydrogen-bond donors (Lipinski definition) is 2. The smallest absolute Gasteiger partial charge is 0.329 e. The Morgan fingerprint density at radius 2 is 1.96 bits per heavy atom. The molecule has 0 aliphatic carbocycles. The van der Waals surface area contributed by atoms with Crippen LogP contribution < -0.4 is 10.2 Å². The molecular weight excluding hydrogens is 298 g/mol. The van der Waals surface area contributed by atoms with Gasteiger partial charge in [-0.3, -0.25) is 9.59 Å². The van der Waals surface area contributed by atoms with E-state index in [0.717, 1.165) is 25.7 Å². The molecule has 2 rings (SSSR count). The molecule has 1 aliphatic heterocycles. The van der Waals surface area contributed by atoms with Crippen molar-refractivity contribution in [2.24, 2.45) is 5.10 Å². The third-order valence-corrected chi connectivity index (χ3v) is 3.67. The van der Waals surface area contributed by atoms with Crippen molar-refractivity contribution < 1.29 is 19.4 Å². The van der Waals surface area contributed by atoms with Crippen LogP contribution >= 0.6 is 0 Å². The highest BCUT2D eigenvalue weighted by molar-refractivity contribution is 6.35. The molecule has 7 nitrogen and oxygen atoms in total. The van der Waals surface area contributed by atoms with E-state index in [4.69, 9.17) is 4.74 Å². The van der Waals surface area contributed by atoms with Crippen LogP contribution in [0.5, 0.6) is 11.5 Å². The molecule has 1 heterocycles. The summed E-state index contributed by atoms with van der Waals surface area (Å²) in [5.74, 6) is -0.966. The number of carbonyl (C=O) groups is 2.